The Morgan fingerprint density at radius 3 is 2.95 bits per heavy atom. The first-order valence-corrected chi connectivity index (χ1v) is 6.92. The molecule has 2 N–H and O–H groups in total. The summed E-state index contributed by atoms with van der Waals surface area (Å²) in [4.78, 5) is 11.9. The smallest absolute Gasteiger partial charge is 0.248 e. The molecule has 0 saturated carbocycles. The number of methoxy groups -OCH3 is 1. The molecule has 5 nitrogen and oxygen atoms in total. The first-order valence-electron chi connectivity index (χ1n) is 6.92. The first kappa shape index (κ1) is 14.8. The Labute approximate surface area is 119 Å². The van der Waals surface area contributed by atoms with Gasteiger partial charge in [0, 0.05) is 25.6 Å². The third-order valence-electron chi connectivity index (χ3n) is 3.43. The Hall–Kier alpha value is -1.59. The maximum atomic E-state index is 11.9. The van der Waals surface area contributed by atoms with Gasteiger partial charge in [-0.15, -0.1) is 0 Å². The standard InChI is InChI=1S/C15H22N2O3/c1-11(15(18)17-9-13-7-16-8-13)20-10-12-4-3-5-14(6-12)19-2/h3-6,11,13,16H,7-10H2,1-2H3,(H,17,18). The zero-order valence-corrected chi connectivity index (χ0v) is 12.0. The number of carbonyl (C=O) groups excluding carboxylic acids is 1. The predicted octanol–water partition coefficient (Wildman–Crippen LogP) is 0.936. The van der Waals surface area contributed by atoms with Crippen molar-refractivity contribution in [2.75, 3.05) is 26.7 Å². The number of ether oxygens (including phenoxy) is 2. The maximum Gasteiger partial charge on any atom is 0.248 e. The Balaban J connectivity index is 1.72. The lowest BCUT2D eigenvalue weighted by atomic mass is 10.0. The van der Waals surface area contributed by atoms with E-state index < -0.39 is 6.10 Å². The zero-order valence-electron chi connectivity index (χ0n) is 12.0. The van der Waals surface area contributed by atoms with Crippen molar-refractivity contribution in [2.24, 2.45) is 5.92 Å². The van der Waals surface area contributed by atoms with Crippen molar-refractivity contribution >= 4 is 5.91 Å². The molecule has 1 unspecified atom stereocenters. The van der Waals surface area contributed by atoms with E-state index in [0.29, 0.717) is 12.5 Å². The van der Waals surface area contributed by atoms with Crippen LogP contribution in [0.5, 0.6) is 5.75 Å². The molecule has 1 aromatic carbocycles. The molecule has 0 radical (unpaired) electrons. The summed E-state index contributed by atoms with van der Waals surface area (Å²) >= 11 is 0. The van der Waals surface area contributed by atoms with Gasteiger partial charge in [0.25, 0.3) is 0 Å². The lowest BCUT2D eigenvalue weighted by molar-refractivity contribution is -0.132. The van der Waals surface area contributed by atoms with Crippen molar-refractivity contribution in [3.63, 3.8) is 0 Å². The molecule has 0 aromatic heterocycles. The van der Waals surface area contributed by atoms with E-state index in [-0.39, 0.29) is 5.91 Å². The Morgan fingerprint density at radius 1 is 1.50 bits per heavy atom. The minimum absolute atomic E-state index is 0.0557. The molecule has 1 fully saturated rings. The van der Waals surface area contributed by atoms with Crippen LogP contribution in [-0.4, -0.2) is 38.8 Å². The van der Waals surface area contributed by atoms with Gasteiger partial charge in [-0.05, 0) is 24.6 Å². The minimum Gasteiger partial charge on any atom is -0.497 e. The van der Waals surface area contributed by atoms with Crippen LogP contribution in [0.4, 0.5) is 0 Å². The average molecular weight is 278 g/mol. The topological polar surface area (TPSA) is 59.6 Å². The van der Waals surface area contributed by atoms with Crippen LogP contribution in [0, 0.1) is 5.92 Å². The fourth-order valence-electron chi connectivity index (χ4n) is 1.94. The second kappa shape index (κ2) is 7.26. The van der Waals surface area contributed by atoms with Crippen molar-refractivity contribution < 1.29 is 14.3 Å². The number of carbonyl (C=O) groups is 1. The summed E-state index contributed by atoms with van der Waals surface area (Å²) in [5, 5.41) is 6.09. The number of nitrogens with one attached hydrogen (secondary N) is 2. The summed E-state index contributed by atoms with van der Waals surface area (Å²) in [6.07, 6.45) is -0.450. The number of amides is 1. The highest BCUT2D eigenvalue weighted by molar-refractivity contribution is 5.80. The molecule has 1 aromatic rings. The van der Waals surface area contributed by atoms with E-state index in [0.717, 1.165) is 30.9 Å². The monoisotopic (exact) mass is 278 g/mol. The van der Waals surface area contributed by atoms with Crippen molar-refractivity contribution in [1.29, 1.82) is 0 Å². The number of hydrogen-bond donors (Lipinski definition) is 2. The van der Waals surface area contributed by atoms with E-state index in [1.54, 1.807) is 14.0 Å². The van der Waals surface area contributed by atoms with Crippen LogP contribution < -0.4 is 15.4 Å². The van der Waals surface area contributed by atoms with Crippen LogP contribution in [0.1, 0.15) is 12.5 Å². The molecular formula is C15H22N2O3. The Morgan fingerprint density at radius 2 is 2.30 bits per heavy atom. The SMILES string of the molecule is COc1cccc(COC(C)C(=O)NCC2CNC2)c1. The minimum atomic E-state index is -0.450. The molecule has 1 atom stereocenters. The lowest BCUT2D eigenvalue weighted by Crippen LogP contribution is -2.49. The molecule has 20 heavy (non-hydrogen) atoms. The third-order valence-corrected chi connectivity index (χ3v) is 3.43. The van der Waals surface area contributed by atoms with Crippen molar-refractivity contribution in [1.82, 2.24) is 10.6 Å². The Bertz CT molecular complexity index is 446. The van der Waals surface area contributed by atoms with Gasteiger partial charge in [-0.25, -0.2) is 0 Å². The third kappa shape index (κ3) is 4.21. The van der Waals surface area contributed by atoms with Gasteiger partial charge in [-0.2, -0.15) is 0 Å². The van der Waals surface area contributed by atoms with Crippen LogP contribution in [0.3, 0.4) is 0 Å². The summed E-state index contributed by atoms with van der Waals surface area (Å²) in [6, 6.07) is 7.65. The highest BCUT2D eigenvalue weighted by atomic mass is 16.5. The van der Waals surface area contributed by atoms with E-state index in [2.05, 4.69) is 10.6 Å². The predicted molar refractivity (Wildman–Crippen MR) is 76.6 cm³/mol. The maximum absolute atomic E-state index is 11.9. The quantitative estimate of drug-likeness (QED) is 0.779. The lowest BCUT2D eigenvalue weighted by Gasteiger charge is -2.27. The van der Waals surface area contributed by atoms with E-state index in [4.69, 9.17) is 9.47 Å². The van der Waals surface area contributed by atoms with Crippen LogP contribution >= 0.6 is 0 Å². The van der Waals surface area contributed by atoms with Crippen LogP contribution in [-0.2, 0) is 16.1 Å². The fraction of sp³-hybridized carbons (Fsp3) is 0.533. The molecule has 1 aliphatic heterocycles. The zero-order chi connectivity index (χ0) is 14.4. The van der Waals surface area contributed by atoms with E-state index in [1.807, 2.05) is 24.3 Å². The van der Waals surface area contributed by atoms with Gasteiger partial charge in [0.15, 0.2) is 0 Å². The normalized spacial score (nSPS) is 16.3. The van der Waals surface area contributed by atoms with Gasteiger partial charge in [-0.1, -0.05) is 12.1 Å². The average Bonchev–Trinajstić information content (AvgIpc) is 2.43. The highest BCUT2D eigenvalue weighted by Gasteiger charge is 2.19. The summed E-state index contributed by atoms with van der Waals surface area (Å²) < 4.78 is 10.7. The summed E-state index contributed by atoms with van der Waals surface area (Å²) in [6.45, 7) is 4.86. The number of benzene rings is 1. The van der Waals surface area contributed by atoms with E-state index in [1.165, 1.54) is 0 Å². The van der Waals surface area contributed by atoms with E-state index in [9.17, 15) is 4.79 Å². The molecule has 2 rings (SSSR count). The molecule has 1 heterocycles. The molecular weight excluding hydrogens is 256 g/mol. The second-order valence-corrected chi connectivity index (χ2v) is 5.07. The summed E-state index contributed by atoms with van der Waals surface area (Å²) in [5.41, 5.74) is 0.993. The van der Waals surface area contributed by atoms with Gasteiger partial charge in [0.2, 0.25) is 5.91 Å². The van der Waals surface area contributed by atoms with Gasteiger partial charge in [0.1, 0.15) is 11.9 Å². The van der Waals surface area contributed by atoms with Gasteiger partial charge >= 0.3 is 0 Å². The number of rotatable bonds is 7. The van der Waals surface area contributed by atoms with Crippen LogP contribution in [0.15, 0.2) is 24.3 Å². The van der Waals surface area contributed by atoms with Crippen LogP contribution in [0.25, 0.3) is 0 Å². The van der Waals surface area contributed by atoms with Gasteiger partial charge in [-0.3, -0.25) is 4.79 Å². The van der Waals surface area contributed by atoms with Crippen molar-refractivity contribution in [3.8, 4) is 5.75 Å². The highest BCUT2D eigenvalue weighted by Crippen LogP contribution is 2.13. The van der Waals surface area contributed by atoms with E-state index >= 15 is 0 Å². The fourth-order valence-corrected chi connectivity index (χ4v) is 1.94. The van der Waals surface area contributed by atoms with Crippen LogP contribution in [0.2, 0.25) is 0 Å². The largest absolute Gasteiger partial charge is 0.497 e. The van der Waals surface area contributed by atoms with Crippen molar-refractivity contribution in [2.45, 2.75) is 19.6 Å². The van der Waals surface area contributed by atoms with Gasteiger partial charge < -0.3 is 20.1 Å². The number of hydrogen-bond acceptors (Lipinski definition) is 4. The second-order valence-electron chi connectivity index (χ2n) is 5.07. The molecule has 0 bridgehead atoms. The first-order chi connectivity index (χ1) is 9.69. The summed E-state index contributed by atoms with van der Waals surface area (Å²) in [7, 11) is 1.63. The van der Waals surface area contributed by atoms with Crippen molar-refractivity contribution in [3.05, 3.63) is 29.8 Å². The molecule has 1 amide bonds. The molecule has 110 valence electrons. The molecule has 0 aliphatic carbocycles. The molecule has 5 heteroatoms. The molecule has 1 saturated heterocycles. The molecule has 0 spiro atoms. The Kier molecular flexibility index (Phi) is 5.38. The summed E-state index contributed by atoms with van der Waals surface area (Å²) in [5.74, 6) is 1.30. The molecule has 1 aliphatic rings. The van der Waals surface area contributed by atoms with Gasteiger partial charge in [0.05, 0.1) is 13.7 Å².